The molecule has 2 unspecified atom stereocenters. The van der Waals surface area contributed by atoms with E-state index >= 15 is 0 Å². The van der Waals surface area contributed by atoms with Crippen molar-refractivity contribution < 1.29 is 23.9 Å². The van der Waals surface area contributed by atoms with Crippen LogP contribution in [0.3, 0.4) is 0 Å². The quantitative estimate of drug-likeness (QED) is 0.356. The van der Waals surface area contributed by atoms with Gasteiger partial charge in [0.2, 0.25) is 11.8 Å². The van der Waals surface area contributed by atoms with E-state index in [0.29, 0.717) is 11.3 Å². The molecule has 0 saturated heterocycles. The van der Waals surface area contributed by atoms with E-state index in [-0.39, 0.29) is 12.8 Å². The van der Waals surface area contributed by atoms with E-state index in [4.69, 9.17) is 10.5 Å². The number of hydrogen-bond donors (Lipinski definition) is 3. The average Bonchev–Trinajstić information content (AvgIpc) is 2.87. The molecular formula is C31H38N4O5. The normalized spacial score (nSPS) is 12.8. The molecule has 3 aromatic rings. The molecule has 0 aliphatic carbocycles. The van der Waals surface area contributed by atoms with E-state index in [2.05, 4.69) is 10.6 Å². The number of aryl methyl sites for hydroxylation is 1. The Kier molecular flexibility index (Phi) is 9.52. The molecule has 0 aromatic heterocycles. The second-order valence-electron chi connectivity index (χ2n) is 10.9. The molecule has 9 nitrogen and oxygen atoms in total. The Bertz CT molecular complexity index is 1410. The molecule has 0 aliphatic heterocycles. The molecule has 40 heavy (non-hydrogen) atoms. The van der Waals surface area contributed by atoms with E-state index in [0.717, 1.165) is 21.9 Å². The number of alkyl carbamates (subject to hydrolysis) is 1. The SMILES string of the molecule is Cc1cccc(C(C(=O)Nc2ccc3ccccc3c2)N(C)C(=O)C(CCC(N)=O)NC(=O)OC(C)(C)C)c1C. The third-order valence-electron chi connectivity index (χ3n) is 6.61. The van der Waals surface area contributed by atoms with Crippen LogP contribution in [0, 0.1) is 13.8 Å². The second-order valence-corrected chi connectivity index (χ2v) is 10.9. The molecule has 9 heteroatoms. The van der Waals surface area contributed by atoms with Gasteiger partial charge in [0.25, 0.3) is 5.91 Å². The Labute approximate surface area is 235 Å². The van der Waals surface area contributed by atoms with E-state index in [1.54, 1.807) is 26.8 Å². The van der Waals surface area contributed by atoms with Gasteiger partial charge in [0.05, 0.1) is 0 Å². The first-order valence-corrected chi connectivity index (χ1v) is 13.2. The zero-order valence-electron chi connectivity index (χ0n) is 23.9. The largest absolute Gasteiger partial charge is 0.444 e. The van der Waals surface area contributed by atoms with Crippen LogP contribution >= 0.6 is 0 Å². The van der Waals surface area contributed by atoms with Crippen molar-refractivity contribution >= 4 is 40.3 Å². The fraction of sp³-hybridized carbons (Fsp3) is 0.355. The number of primary amides is 1. The number of fused-ring (bicyclic) bond motifs is 1. The van der Waals surface area contributed by atoms with Crippen LogP contribution in [0.4, 0.5) is 10.5 Å². The van der Waals surface area contributed by atoms with Gasteiger partial charge in [-0.3, -0.25) is 14.4 Å². The lowest BCUT2D eigenvalue weighted by Gasteiger charge is -2.32. The Morgan fingerprint density at radius 3 is 2.27 bits per heavy atom. The maximum atomic E-state index is 13.9. The van der Waals surface area contributed by atoms with Crippen LogP contribution in [0.25, 0.3) is 10.8 Å². The maximum absolute atomic E-state index is 13.9. The molecule has 0 heterocycles. The predicted octanol–water partition coefficient (Wildman–Crippen LogP) is 4.75. The van der Waals surface area contributed by atoms with Crippen LogP contribution in [0.2, 0.25) is 0 Å². The first kappa shape index (κ1) is 30.1. The Morgan fingerprint density at radius 2 is 1.62 bits per heavy atom. The summed E-state index contributed by atoms with van der Waals surface area (Å²) in [5.41, 5.74) is 7.57. The number of benzene rings is 3. The molecule has 4 N–H and O–H groups in total. The van der Waals surface area contributed by atoms with Crippen molar-refractivity contribution in [1.29, 1.82) is 0 Å². The third kappa shape index (κ3) is 7.81. The molecule has 212 valence electrons. The average molecular weight is 547 g/mol. The Hall–Kier alpha value is -4.40. The van der Waals surface area contributed by atoms with Gasteiger partial charge in [-0.1, -0.05) is 48.5 Å². The summed E-state index contributed by atoms with van der Waals surface area (Å²) in [5, 5.41) is 7.51. The Balaban J connectivity index is 1.96. The van der Waals surface area contributed by atoms with Gasteiger partial charge in [0.1, 0.15) is 17.7 Å². The third-order valence-corrected chi connectivity index (χ3v) is 6.61. The molecule has 4 amide bonds. The highest BCUT2D eigenvalue weighted by Crippen LogP contribution is 2.28. The molecule has 0 aliphatic rings. The van der Waals surface area contributed by atoms with Crippen LogP contribution in [0.1, 0.15) is 56.3 Å². The van der Waals surface area contributed by atoms with Crippen LogP contribution in [-0.4, -0.2) is 47.4 Å². The van der Waals surface area contributed by atoms with Crippen molar-refractivity contribution in [1.82, 2.24) is 10.2 Å². The highest BCUT2D eigenvalue weighted by Gasteiger charge is 2.35. The molecule has 0 radical (unpaired) electrons. The molecular weight excluding hydrogens is 508 g/mol. The minimum atomic E-state index is -1.14. The standard InChI is InChI=1S/C31H38N4O5/c1-19-10-9-13-24(20(19)2)27(28(37)33-23-15-14-21-11-7-8-12-22(21)18-23)35(6)29(38)25(16-17-26(32)36)34-30(39)40-31(3,4)5/h7-15,18,25,27H,16-17H2,1-6H3,(H2,32,36)(H,33,37)(H,34,39). The van der Waals surface area contributed by atoms with Gasteiger partial charge in [-0.15, -0.1) is 0 Å². The van der Waals surface area contributed by atoms with Gasteiger partial charge in [-0.05, 0) is 80.6 Å². The summed E-state index contributed by atoms with van der Waals surface area (Å²) in [6, 6.07) is 16.8. The van der Waals surface area contributed by atoms with Crippen molar-refractivity contribution in [3.05, 3.63) is 77.4 Å². The summed E-state index contributed by atoms with van der Waals surface area (Å²) >= 11 is 0. The molecule has 0 bridgehead atoms. The first-order valence-electron chi connectivity index (χ1n) is 13.2. The van der Waals surface area contributed by atoms with Crippen LogP contribution < -0.4 is 16.4 Å². The highest BCUT2D eigenvalue weighted by molar-refractivity contribution is 6.00. The number of rotatable bonds is 9. The van der Waals surface area contributed by atoms with Crippen molar-refractivity contribution in [2.75, 3.05) is 12.4 Å². The smallest absolute Gasteiger partial charge is 0.408 e. The van der Waals surface area contributed by atoms with Gasteiger partial charge < -0.3 is 26.0 Å². The predicted molar refractivity (Wildman–Crippen MR) is 156 cm³/mol. The summed E-state index contributed by atoms with van der Waals surface area (Å²) in [7, 11) is 1.50. The molecule has 2 atom stereocenters. The monoisotopic (exact) mass is 546 g/mol. The van der Waals surface area contributed by atoms with Gasteiger partial charge in [0.15, 0.2) is 0 Å². The van der Waals surface area contributed by atoms with Gasteiger partial charge in [0, 0.05) is 19.2 Å². The number of anilines is 1. The fourth-order valence-electron chi connectivity index (χ4n) is 4.44. The van der Waals surface area contributed by atoms with Crippen molar-refractivity contribution in [2.45, 2.75) is 65.1 Å². The lowest BCUT2D eigenvalue weighted by atomic mass is 9.95. The van der Waals surface area contributed by atoms with Crippen LogP contribution in [0.15, 0.2) is 60.7 Å². The summed E-state index contributed by atoms with van der Waals surface area (Å²) in [6.07, 6.45) is -1.01. The number of carbonyl (C=O) groups is 4. The van der Waals surface area contributed by atoms with Crippen molar-refractivity contribution in [3.8, 4) is 0 Å². The van der Waals surface area contributed by atoms with Crippen LogP contribution in [-0.2, 0) is 19.1 Å². The van der Waals surface area contributed by atoms with E-state index < -0.39 is 41.5 Å². The summed E-state index contributed by atoms with van der Waals surface area (Å²) in [6.45, 7) is 8.92. The maximum Gasteiger partial charge on any atom is 0.408 e. The fourth-order valence-corrected chi connectivity index (χ4v) is 4.44. The molecule has 0 spiro atoms. The van der Waals surface area contributed by atoms with E-state index in [1.807, 2.05) is 68.4 Å². The number of nitrogens with two attached hydrogens (primary N) is 1. The van der Waals surface area contributed by atoms with Gasteiger partial charge in [-0.25, -0.2) is 4.79 Å². The molecule has 3 rings (SSSR count). The first-order chi connectivity index (χ1) is 18.8. The lowest BCUT2D eigenvalue weighted by molar-refractivity contribution is -0.139. The topological polar surface area (TPSA) is 131 Å². The van der Waals surface area contributed by atoms with Gasteiger partial charge >= 0.3 is 6.09 Å². The number of nitrogens with zero attached hydrogens (tertiary/aromatic N) is 1. The summed E-state index contributed by atoms with van der Waals surface area (Å²) < 4.78 is 5.33. The van der Waals surface area contributed by atoms with Crippen molar-refractivity contribution in [2.24, 2.45) is 5.73 Å². The zero-order chi connectivity index (χ0) is 29.6. The number of nitrogens with one attached hydrogen (secondary N) is 2. The van der Waals surface area contributed by atoms with Crippen LogP contribution in [0.5, 0.6) is 0 Å². The molecule has 0 saturated carbocycles. The summed E-state index contributed by atoms with van der Waals surface area (Å²) in [5.74, 6) is -1.61. The molecule has 3 aromatic carbocycles. The number of hydrogen-bond acceptors (Lipinski definition) is 5. The van der Waals surface area contributed by atoms with E-state index in [9.17, 15) is 19.2 Å². The number of likely N-dealkylation sites (N-methyl/N-ethyl adjacent to an activating group) is 1. The van der Waals surface area contributed by atoms with Crippen molar-refractivity contribution in [3.63, 3.8) is 0 Å². The van der Waals surface area contributed by atoms with Gasteiger partial charge in [-0.2, -0.15) is 0 Å². The second kappa shape index (κ2) is 12.6. The number of carbonyl (C=O) groups excluding carboxylic acids is 4. The highest BCUT2D eigenvalue weighted by atomic mass is 16.6. The number of ether oxygens (including phenoxy) is 1. The minimum Gasteiger partial charge on any atom is -0.444 e. The Morgan fingerprint density at radius 1 is 0.950 bits per heavy atom. The number of amides is 4. The minimum absolute atomic E-state index is 0.0520. The summed E-state index contributed by atoms with van der Waals surface area (Å²) in [4.78, 5) is 53.1. The molecule has 0 fully saturated rings. The lowest BCUT2D eigenvalue weighted by Crippen LogP contribution is -2.51. The van der Waals surface area contributed by atoms with E-state index in [1.165, 1.54) is 11.9 Å². The zero-order valence-corrected chi connectivity index (χ0v) is 23.9.